The summed E-state index contributed by atoms with van der Waals surface area (Å²) in [6, 6.07) is 29.2. The van der Waals surface area contributed by atoms with Crippen molar-refractivity contribution in [3.8, 4) is 5.75 Å². The maximum absolute atomic E-state index is 12.5. The van der Waals surface area contributed by atoms with Crippen LogP contribution in [-0.2, 0) is 6.54 Å². The molecule has 2 N–H and O–H groups in total. The number of hydrazone groups is 1. The van der Waals surface area contributed by atoms with Gasteiger partial charge in [-0.15, -0.1) is 0 Å². The van der Waals surface area contributed by atoms with Gasteiger partial charge in [0.15, 0.2) is 0 Å². The van der Waals surface area contributed by atoms with E-state index in [1.54, 1.807) is 18.3 Å². The number of rotatable bonds is 7. The molecule has 160 valence electrons. The van der Waals surface area contributed by atoms with Crippen LogP contribution in [0.1, 0.15) is 28.4 Å². The minimum atomic E-state index is -0.457. The Kier molecular flexibility index (Phi) is 6.46. The number of anilines is 1. The zero-order valence-electron chi connectivity index (χ0n) is 17.9. The zero-order chi connectivity index (χ0) is 22.3. The number of amides is 1. The predicted octanol–water partition coefficient (Wildman–Crippen LogP) is 5.34. The van der Waals surface area contributed by atoms with E-state index in [0.29, 0.717) is 0 Å². The van der Waals surface area contributed by atoms with Crippen LogP contribution in [0.2, 0.25) is 0 Å². The van der Waals surface area contributed by atoms with Gasteiger partial charge in [0, 0.05) is 18.8 Å². The van der Waals surface area contributed by atoms with Crippen LogP contribution in [-0.4, -0.2) is 23.8 Å². The first-order valence-electron chi connectivity index (χ1n) is 10.6. The van der Waals surface area contributed by atoms with Crippen molar-refractivity contribution in [2.45, 2.75) is 13.5 Å². The van der Waals surface area contributed by atoms with Gasteiger partial charge in [-0.3, -0.25) is 4.79 Å². The molecule has 0 fully saturated rings. The van der Waals surface area contributed by atoms with Crippen molar-refractivity contribution in [3.05, 3.63) is 108 Å². The van der Waals surface area contributed by atoms with Crippen LogP contribution in [0.5, 0.6) is 5.75 Å². The molecule has 0 saturated carbocycles. The molecule has 0 aliphatic heterocycles. The standard InChI is InChI=1S/C27H25N3O2/c1-2-30(19-21-8-4-3-5-9-21)24-14-12-20(13-15-24)18-28-29-27(32)25-16-22-10-6-7-11-23(22)17-26(25)31/h3-18,31H,2,19H2,1H3,(H,29,32). The van der Waals surface area contributed by atoms with Crippen LogP contribution in [0.25, 0.3) is 10.8 Å². The molecule has 0 atom stereocenters. The lowest BCUT2D eigenvalue weighted by Crippen LogP contribution is -2.21. The summed E-state index contributed by atoms with van der Waals surface area (Å²) in [7, 11) is 0. The average molecular weight is 424 g/mol. The number of carbonyl (C=O) groups excluding carboxylic acids is 1. The number of phenolic OH excluding ortho intramolecular Hbond substituents is 1. The normalized spacial score (nSPS) is 11.0. The van der Waals surface area contributed by atoms with Crippen LogP contribution in [0.15, 0.2) is 96.1 Å². The molecule has 0 unspecified atom stereocenters. The Hall–Kier alpha value is -4.12. The van der Waals surface area contributed by atoms with Crippen molar-refractivity contribution in [1.82, 2.24) is 5.43 Å². The molecule has 0 saturated heterocycles. The number of aromatic hydroxyl groups is 1. The lowest BCUT2D eigenvalue weighted by molar-refractivity contribution is 0.0952. The van der Waals surface area contributed by atoms with Crippen LogP contribution in [0, 0.1) is 0 Å². The van der Waals surface area contributed by atoms with E-state index in [4.69, 9.17) is 0 Å². The molecule has 0 aromatic heterocycles. The van der Waals surface area contributed by atoms with E-state index >= 15 is 0 Å². The minimum absolute atomic E-state index is 0.0705. The first-order valence-corrected chi connectivity index (χ1v) is 10.6. The van der Waals surface area contributed by atoms with Gasteiger partial charge in [-0.1, -0.05) is 66.7 Å². The maximum Gasteiger partial charge on any atom is 0.275 e. The summed E-state index contributed by atoms with van der Waals surface area (Å²) >= 11 is 0. The highest BCUT2D eigenvalue weighted by atomic mass is 16.3. The van der Waals surface area contributed by atoms with Crippen molar-refractivity contribution in [2.24, 2.45) is 5.10 Å². The summed E-state index contributed by atoms with van der Waals surface area (Å²) in [5.41, 5.74) is 5.94. The molecule has 5 heteroatoms. The third-order valence-corrected chi connectivity index (χ3v) is 5.34. The molecule has 0 aliphatic carbocycles. The van der Waals surface area contributed by atoms with E-state index in [1.807, 2.05) is 54.6 Å². The number of fused-ring (bicyclic) bond motifs is 1. The molecular formula is C27H25N3O2. The second-order valence-corrected chi connectivity index (χ2v) is 7.51. The highest BCUT2D eigenvalue weighted by Gasteiger charge is 2.11. The van der Waals surface area contributed by atoms with Crippen molar-refractivity contribution >= 4 is 28.6 Å². The number of benzene rings is 4. The highest BCUT2D eigenvalue weighted by Crippen LogP contribution is 2.25. The van der Waals surface area contributed by atoms with Gasteiger partial charge in [-0.25, -0.2) is 5.43 Å². The van der Waals surface area contributed by atoms with E-state index in [0.717, 1.165) is 35.1 Å². The number of hydrogen-bond donors (Lipinski definition) is 2. The Morgan fingerprint density at radius 2 is 1.59 bits per heavy atom. The maximum atomic E-state index is 12.5. The molecule has 32 heavy (non-hydrogen) atoms. The Morgan fingerprint density at radius 3 is 2.28 bits per heavy atom. The van der Waals surface area contributed by atoms with Gasteiger partial charge >= 0.3 is 0 Å². The molecule has 4 aromatic carbocycles. The molecular weight excluding hydrogens is 398 g/mol. The quantitative estimate of drug-likeness (QED) is 0.312. The highest BCUT2D eigenvalue weighted by molar-refractivity contribution is 6.01. The van der Waals surface area contributed by atoms with Gasteiger partial charge in [0.05, 0.1) is 11.8 Å². The summed E-state index contributed by atoms with van der Waals surface area (Å²) in [6.45, 7) is 3.87. The number of nitrogens with one attached hydrogen (secondary N) is 1. The predicted molar refractivity (Wildman–Crippen MR) is 130 cm³/mol. The summed E-state index contributed by atoms with van der Waals surface area (Å²) in [5, 5.41) is 16.0. The molecule has 0 radical (unpaired) electrons. The van der Waals surface area contributed by atoms with Gasteiger partial charge in [0.2, 0.25) is 0 Å². The van der Waals surface area contributed by atoms with Crippen LogP contribution < -0.4 is 10.3 Å². The van der Waals surface area contributed by atoms with Crippen molar-refractivity contribution in [3.63, 3.8) is 0 Å². The third kappa shape index (κ3) is 4.95. The second kappa shape index (κ2) is 9.79. The third-order valence-electron chi connectivity index (χ3n) is 5.34. The van der Waals surface area contributed by atoms with Gasteiger partial charge in [-0.05, 0) is 53.1 Å². The summed E-state index contributed by atoms with van der Waals surface area (Å²) in [6.07, 6.45) is 1.59. The van der Waals surface area contributed by atoms with Crippen LogP contribution >= 0.6 is 0 Å². The lowest BCUT2D eigenvalue weighted by atomic mass is 10.1. The average Bonchev–Trinajstić information content (AvgIpc) is 2.83. The largest absolute Gasteiger partial charge is 0.507 e. The fourth-order valence-electron chi connectivity index (χ4n) is 3.60. The fourth-order valence-corrected chi connectivity index (χ4v) is 3.60. The molecule has 0 spiro atoms. The molecule has 1 amide bonds. The Labute approximate surface area is 187 Å². The van der Waals surface area contributed by atoms with Crippen LogP contribution in [0.4, 0.5) is 5.69 Å². The number of phenols is 1. The number of hydrogen-bond acceptors (Lipinski definition) is 4. The minimum Gasteiger partial charge on any atom is -0.507 e. The van der Waals surface area contributed by atoms with E-state index in [1.165, 1.54) is 5.56 Å². The summed E-state index contributed by atoms with van der Waals surface area (Å²) < 4.78 is 0. The van der Waals surface area contributed by atoms with E-state index < -0.39 is 5.91 Å². The van der Waals surface area contributed by atoms with Gasteiger partial charge in [0.25, 0.3) is 5.91 Å². The molecule has 0 heterocycles. The van der Waals surface area contributed by atoms with Gasteiger partial charge in [-0.2, -0.15) is 5.10 Å². The smallest absolute Gasteiger partial charge is 0.275 e. The first kappa shape index (κ1) is 21.1. The molecule has 5 nitrogen and oxygen atoms in total. The lowest BCUT2D eigenvalue weighted by Gasteiger charge is -2.23. The topological polar surface area (TPSA) is 64.9 Å². The second-order valence-electron chi connectivity index (χ2n) is 7.51. The first-order chi connectivity index (χ1) is 15.6. The summed E-state index contributed by atoms with van der Waals surface area (Å²) in [5.74, 6) is -0.528. The van der Waals surface area contributed by atoms with E-state index in [2.05, 4.69) is 46.6 Å². The van der Waals surface area contributed by atoms with Crippen LogP contribution in [0.3, 0.4) is 0 Å². The zero-order valence-corrected chi connectivity index (χ0v) is 17.9. The molecule has 0 bridgehead atoms. The Bertz CT molecular complexity index is 1230. The Balaban J connectivity index is 1.40. The molecule has 0 aliphatic rings. The SMILES string of the molecule is CCN(Cc1ccccc1)c1ccc(C=NNC(=O)c2cc3ccccc3cc2O)cc1. The molecule has 4 aromatic rings. The van der Waals surface area contributed by atoms with Crippen molar-refractivity contribution in [1.29, 1.82) is 0 Å². The number of carbonyl (C=O) groups is 1. The number of nitrogens with zero attached hydrogens (tertiary/aromatic N) is 2. The van der Waals surface area contributed by atoms with Gasteiger partial charge < -0.3 is 10.0 Å². The van der Waals surface area contributed by atoms with E-state index in [-0.39, 0.29) is 11.3 Å². The van der Waals surface area contributed by atoms with Gasteiger partial charge in [0.1, 0.15) is 5.75 Å². The van der Waals surface area contributed by atoms with Crippen molar-refractivity contribution in [2.75, 3.05) is 11.4 Å². The Morgan fingerprint density at radius 1 is 0.938 bits per heavy atom. The van der Waals surface area contributed by atoms with Crippen molar-refractivity contribution < 1.29 is 9.90 Å². The fraction of sp³-hybridized carbons (Fsp3) is 0.111. The molecule has 4 rings (SSSR count). The monoisotopic (exact) mass is 423 g/mol. The summed E-state index contributed by atoms with van der Waals surface area (Å²) in [4.78, 5) is 14.8. The van der Waals surface area contributed by atoms with E-state index in [9.17, 15) is 9.90 Å².